The fraction of sp³-hybridized carbons (Fsp3) is 0.667. The molecule has 68 valence electrons. The first-order chi connectivity index (χ1) is 5.46. The third-order valence-corrected chi connectivity index (χ3v) is 2.97. The van der Waals surface area contributed by atoms with E-state index >= 15 is 0 Å². The van der Waals surface area contributed by atoms with Crippen molar-refractivity contribution in [2.75, 3.05) is 14.1 Å². The van der Waals surface area contributed by atoms with Gasteiger partial charge in [-0.05, 0) is 18.1 Å². The van der Waals surface area contributed by atoms with Crippen LogP contribution in [0.15, 0.2) is 12.3 Å². The van der Waals surface area contributed by atoms with Gasteiger partial charge < -0.3 is 9.80 Å². The molecule has 0 amide bonds. The minimum Gasteiger partial charge on any atom is -0.343 e. The summed E-state index contributed by atoms with van der Waals surface area (Å²) in [6, 6.07) is 0.377. The molecule has 0 saturated carbocycles. The van der Waals surface area contributed by atoms with Crippen molar-refractivity contribution in [1.82, 2.24) is 9.80 Å². The van der Waals surface area contributed by atoms with Gasteiger partial charge in [-0.2, -0.15) is 0 Å². The summed E-state index contributed by atoms with van der Waals surface area (Å²) in [5.74, 6) is 0.561. The van der Waals surface area contributed by atoms with Crippen molar-refractivity contribution in [3.05, 3.63) is 12.3 Å². The molecule has 1 aliphatic heterocycles. The number of hydrogen-bond donors (Lipinski definition) is 0. The lowest BCUT2D eigenvalue weighted by atomic mass is 10.0. The zero-order valence-corrected chi connectivity index (χ0v) is 8.98. The molecule has 0 aliphatic carbocycles. The summed E-state index contributed by atoms with van der Waals surface area (Å²) in [7, 11) is 4.01. The fourth-order valence-electron chi connectivity index (χ4n) is 1.73. The number of thiocarbonyl (C=S) groups is 1. The van der Waals surface area contributed by atoms with Crippen LogP contribution in [0.25, 0.3) is 0 Å². The Labute approximate surface area is 79.8 Å². The Morgan fingerprint density at radius 2 is 1.92 bits per heavy atom. The smallest absolute Gasteiger partial charge is 0.175 e. The van der Waals surface area contributed by atoms with E-state index < -0.39 is 0 Å². The molecule has 3 heteroatoms. The predicted octanol–water partition coefficient (Wildman–Crippen LogP) is 1.69. The quantitative estimate of drug-likeness (QED) is 0.573. The number of likely N-dealkylation sites (N-methyl/N-ethyl adjacent to an activating group) is 2. The highest BCUT2D eigenvalue weighted by Gasteiger charge is 2.34. The molecule has 0 aromatic carbocycles. The lowest BCUT2D eigenvalue weighted by Gasteiger charge is -2.23. The molecule has 0 radical (unpaired) electrons. The molecule has 0 aromatic rings. The van der Waals surface area contributed by atoms with Crippen LogP contribution in [0.1, 0.15) is 13.8 Å². The Hall–Kier alpha value is -0.570. The zero-order valence-electron chi connectivity index (χ0n) is 8.16. The summed E-state index contributed by atoms with van der Waals surface area (Å²) in [5, 5.41) is 0.874. The Morgan fingerprint density at radius 1 is 1.42 bits per heavy atom. The summed E-state index contributed by atoms with van der Waals surface area (Å²) in [5.41, 5.74) is 1.11. The van der Waals surface area contributed by atoms with Crippen LogP contribution in [0, 0.1) is 5.92 Å². The first-order valence-corrected chi connectivity index (χ1v) is 4.57. The van der Waals surface area contributed by atoms with Crippen molar-refractivity contribution in [2.24, 2.45) is 5.92 Å². The molecule has 1 aliphatic rings. The second-order valence-electron chi connectivity index (χ2n) is 3.63. The summed E-state index contributed by atoms with van der Waals surface area (Å²) < 4.78 is 0. The molecular formula is C9H16N2S. The van der Waals surface area contributed by atoms with Gasteiger partial charge >= 0.3 is 0 Å². The molecule has 1 saturated heterocycles. The summed E-state index contributed by atoms with van der Waals surface area (Å²) in [6.07, 6.45) is 0. The van der Waals surface area contributed by atoms with E-state index in [9.17, 15) is 0 Å². The Morgan fingerprint density at radius 3 is 2.08 bits per heavy atom. The van der Waals surface area contributed by atoms with Crippen LogP contribution in [0.3, 0.4) is 0 Å². The van der Waals surface area contributed by atoms with Crippen LogP contribution >= 0.6 is 12.2 Å². The number of rotatable bonds is 1. The van der Waals surface area contributed by atoms with E-state index in [1.807, 2.05) is 19.0 Å². The third-order valence-electron chi connectivity index (χ3n) is 2.41. The third kappa shape index (κ3) is 1.22. The molecule has 1 heterocycles. The minimum absolute atomic E-state index is 0.377. The summed E-state index contributed by atoms with van der Waals surface area (Å²) in [4.78, 5) is 4.10. The van der Waals surface area contributed by atoms with Gasteiger partial charge in [0.1, 0.15) is 0 Å². The highest BCUT2D eigenvalue weighted by Crippen LogP contribution is 2.27. The summed E-state index contributed by atoms with van der Waals surface area (Å²) in [6.45, 7) is 8.41. The maximum atomic E-state index is 5.23. The second kappa shape index (κ2) is 3.05. The van der Waals surface area contributed by atoms with Crippen LogP contribution in [0.2, 0.25) is 0 Å². The molecule has 1 atom stereocenters. The van der Waals surface area contributed by atoms with Gasteiger partial charge in [-0.1, -0.05) is 20.4 Å². The maximum absolute atomic E-state index is 5.23. The molecule has 2 nitrogen and oxygen atoms in total. The number of hydrogen-bond acceptors (Lipinski definition) is 1. The lowest BCUT2D eigenvalue weighted by Crippen LogP contribution is -2.33. The van der Waals surface area contributed by atoms with E-state index in [0.29, 0.717) is 12.0 Å². The van der Waals surface area contributed by atoms with E-state index in [-0.39, 0.29) is 0 Å². The molecule has 0 bridgehead atoms. The normalized spacial score (nSPS) is 24.6. The Kier molecular flexibility index (Phi) is 2.42. The van der Waals surface area contributed by atoms with Gasteiger partial charge in [0.15, 0.2) is 5.11 Å². The Bertz CT molecular complexity index is 223. The van der Waals surface area contributed by atoms with Gasteiger partial charge in [-0.3, -0.25) is 0 Å². The van der Waals surface area contributed by atoms with Gasteiger partial charge in [-0.25, -0.2) is 0 Å². The predicted molar refractivity (Wildman–Crippen MR) is 55.9 cm³/mol. The van der Waals surface area contributed by atoms with E-state index in [4.69, 9.17) is 12.2 Å². The van der Waals surface area contributed by atoms with E-state index in [0.717, 1.165) is 10.8 Å². The molecule has 1 rings (SSSR count). The van der Waals surface area contributed by atoms with Crippen LogP contribution in [0.4, 0.5) is 0 Å². The zero-order chi connectivity index (χ0) is 9.46. The van der Waals surface area contributed by atoms with Gasteiger partial charge in [0.05, 0.1) is 6.04 Å². The van der Waals surface area contributed by atoms with Gasteiger partial charge in [0.2, 0.25) is 0 Å². The van der Waals surface area contributed by atoms with Crippen LogP contribution in [0.5, 0.6) is 0 Å². The Balaban J connectivity index is 2.91. The first-order valence-electron chi connectivity index (χ1n) is 4.16. The summed E-state index contributed by atoms with van der Waals surface area (Å²) >= 11 is 5.23. The molecule has 1 fully saturated rings. The average Bonchev–Trinajstić information content (AvgIpc) is 2.16. The van der Waals surface area contributed by atoms with Crippen molar-refractivity contribution in [2.45, 2.75) is 19.9 Å². The SMILES string of the molecule is C=C1C(C(C)C)N(C)C(=S)N1C. The van der Waals surface area contributed by atoms with Crippen molar-refractivity contribution < 1.29 is 0 Å². The van der Waals surface area contributed by atoms with Gasteiger partial charge in [-0.15, -0.1) is 0 Å². The molecule has 0 spiro atoms. The molecule has 1 unspecified atom stereocenters. The molecular weight excluding hydrogens is 168 g/mol. The average molecular weight is 184 g/mol. The monoisotopic (exact) mass is 184 g/mol. The van der Waals surface area contributed by atoms with Gasteiger partial charge in [0, 0.05) is 19.8 Å². The van der Waals surface area contributed by atoms with E-state index in [1.54, 1.807) is 0 Å². The van der Waals surface area contributed by atoms with Crippen molar-refractivity contribution in [1.29, 1.82) is 0 Å². The minimum atomic E-state index is 0.377. The maximum Gasteiger partial charge on any atom is 0.175 e. The highest BCUT2D eigenvalue weighted by molar-refractivity contribution is 7.80. The largest absolute Gasteiger partial charge is 0.343 e. The van der Waals surface area contributed by atoms with Crippen LogP contribution in [-0.4, -0.2) is 35.0 Å². The van der Waals surface area contributed by atoms with E-state index in [1.165, 1.54) is 0 Å². The van der Waals surface area contributed by atoms with Crippen LogP contribution < -0.4 is 0 Å². The standard InChI is InChI=1S/C9H16N2S/c1-6(2)8-7(3)10(4)9(12)11(8)5/h6,8H,3H2,1-2,4-5H3. The second-order valence-corrected chi connectivity index (χ2v) is 4.00. The topological polar surface area (TPSA) is 6.48 Å². The van der Waals surface area contributed by atoms with Crippen molar-refractivity contribution in [3.8, 4) is 0 Å². The van der Waals surface area contributed by atoms with Crippen molar-refractivity contribution in [3.63, 3.8) is 0 Å². The first kappa shape index (κ1) is 9.52. The van der Waals surface area contributed by atoms with Crippen molar-refractivity contribution >= 4 is 17.3 Å². The molecule has 0 N–H and O–H groups in total. The number of nitrogens with zero attached hydrogens (tertiary/aromatic N) is 2. The fourth-order valence-corrected chi connectivity index (χ4v) is 1.96. The van der Waals surface area contributed by atoms with Crippen LogP contribution in [-0.2, 0) is 0 Å². The van der Waals surface area contributed by atoms with E-state index in [2.05, 4.69) is 25.3 Å². The molecule has 12 heavy (non-hydrogen) atoms. The van der Waals surface area contributed by atoms with Gasteiger partial charge in [0.25, 0.3) is 0 Å². The molecule has 0 aromatic heterocycles. The highest BCUT2D eigenvalue weighted by atomic mass is 32.1. The lowest BCUT2D eigenvalue weighted by molar-refractivity contribution is 0.351.